The molecular formula is C14H25N3S. The van der Waals surface area contributed by atoms with Crippen LogP contribution in [0.4, 0.5) is 5.13 Å². The number of anilines is 1. The van der Waals surface area contributed by atoms with Gasteiger partial charge in [0.05, 0.1) is 5.69 Å². The Bertz CT molecular complexity index is 381. The van der Waals surface area contributed by atoms with Crippen molar-refractivity contribution in [3.05, 3.63) is 11.1 Å². The molecule has 0 bridgehead atoms. The van der Waals surface area contributed by atoms with Gasteiger partial charge >= 0.3 is 0 Å². The van der Waals surface area contributed by atoms with Crippen molar-refractivity contribution < 1.29 is 0 Å². The van der Waals surface area contributed by atoms with Gasteiger partial charge in [0.1, 0.15) is 0 Å². The van der Waals surface area contributed by atoms with Crippen LogP contribution < -0.4 is 10.2 Å². The van der Waals surface area contributed by atoms with Crippen LogP contribution >= 0.6 is 11.3 Å². The van der Waals surface area contributed by atoms with Gasteiger partial charge in [-0.15, -0.1) is 11.3 Å². The molecule has 1 atom stereocenters. The molecule has 1 N–H and O–H groups in total. The quantitative estimate of drug-likeness (QED) is 0.907. The van der Waals surface area contributed by atoms with Crippen molar-refractivity contribution in [3.63, 3.8) is 0 Å². The van der Waals surface area contributed by atoms with Crippen molar-refractivity contribution in [2.24, 2.45) is 5.92 Å². The average molecular weight is 267 g/mol. The molecule has 3 nitrogen and oxygen atoms in total. The van der Waals surface area contributed by atoms with Gasteiger partial charge < -0.3 is 10.2 Å². The highest BCUT2D eigenvalue weighted by Crippen LogP contribution is 2.28. The highest BCUT2D eigenvalue weighted by molar-refractivity contribution is 7.13. The first-order valence-electron chi connectivity index (χ1n) is 6.92. The summed E-state index contributed by atoms with van der Waals surface area (Å²) in [5.41, 5.74) is 1.33. The van der Waals surface area contributed by atoms with Gasteiger partial charge in [-0.2, -0.15) is 0 Å². The molecule has 1 saturated heterocycles. The summed E-state index contributed by atoms with van der Waals surface area (Å²) >= 11 is 1.78. The summed E-state index contributed by atoms with van der Waals surface area (Å²) in [4.78, 5) is 7.19. The van der Waals surface area contributed by atoms with E-state index in [1.54, 1.807) is 11.3 Å². The van der Waals surface area contributed by atoms with Gasteiger partial charge in [-0.1, -0.05) is 13.3 Å². The first kappa shape index (κ1) is 13.8. The van der Waals surface area contributed by atoms with Crippen LogP contribution in [0.25, 0.3) is 0 Å². The normalized spacial score (nSPS) is 20.7. The highest BCUT2D eigenvalue weighted by atomic mass is 32.1. The fourth-order valence-electron chi connectivity index (χ4n) is 2.22. The van der Waals surface area contributed by atoms with E-state index in [1.165, 1.54) is 36.8 Å². The lowest BCUT2D eigenvalue weighted by molar-refractivity contribution is 0.422. The van der Waals surface area contributed by atoms with Crippen LogP contribution in [0.3, 0.4) is 0 Å². The fraction of sp³-hybridized carbons (Fsp3) is 0.786. The minimum Gasteiger partial charge on any atom is -0.348 e. The third-order valence-corrected chi connectivity index (χ3v) is 4.42. The van der Waals surface area contributed by atoms with Gasteiger partial charge in [0, 0.05) is 30.6 Å². The third kappa shape index (κ3) is 3.69. The Balaban J connectivity index is 1.90. The fourth-order valence-corrected chi connectivity index (χ4v) is 3.08. The van der Waals surface area contributed by atoms with Crippen LogP contribution in [0.5, 0.6) is 0 Å². The Morgan fingerprint density at radius 2 is 2.28 bits per heavy atom. The molecule has 1 aromatic heterocycles. The summed E-state index contributed by atoms with van der Waals surface area (Å²) in [6.45, 7) is 12.1. The zero-order chi connectivity index (χ0) is 13.2. The van der Waals surface area contributed by atoms with Crippen molar-refractivity contribution >= 4 is 16.5 Å². The van der Waals surface area contributed by atoms with Crippen molar-refractivity contribution in [1.82, 2.24) is 10.3 Å². The molecule has 1 aliphatic heterocycles. The van der Waals surface area contributed by atoms with E-state index in [0.29, 0.717) is 0 Å². The Morgan fingerprint density at radius 1 is 1.50 bits per heavy atom. The Kier molecular flexibility index (Phi) is 4.28. The molecule has 0 spiro atoms. The maximum Gasteiger partial charge on any atom is 0.185 e. The van der Waals surface area contributed by atoms with E-state index >= 15 is 0 Å². The second-order valence-corrected chi connectivity index (χ2v) is 7.07. The lowest BCUT2D eigenvalue weighted by Gasteiger charge is -2.19. The van der Waals surface area contributed by atoms with Crippen molar-refractivity contribution in [2.45, 2.75) is 52.6 Å². The van der Waals surface area contributed by atoms with Crippen LogP contribution in [0.1, 0.15) is 46.2 Å². The molecule has 0 radical (unpaired) electrons. The Morgan fingerprint density at radius 3 is 2.89 bits per heavy atom. The van der Waals surface area contributed by atoms with E-state index in [9.17, 15) is 0 Å². The highest BCUT2D eigenvalue weighted by Gasteiger charge is 2.23. The number of nitrogens with zero attached hydrogens (tertiary/aromatic N) is 2. The van der Waals surface area contributed by atoms with Gasteiger partial charge in [0.15, 0.2) is 5.13 Å². The molecule has 0 aromatic carbocycles. The van der Waals surface area contributed by atoms with E-state index in [1.807, 2.05) is 0 Å². The molecule has 0 aliphatic carbocycles. The van der Waals surface area contributed by atoms with Crippen LogP contribution in [0.15, 0.2) is 5.38 Å². The predicted octanol–water partition coefficient (Wildman–Crippen LogP) is 3.27. The average Bonchev–Trinajstić information content (AvgIpc) is 2.94. The van der Waals surface area contributed by atoms with Crippen LogP contribution in [-0.2, 0) is 6.54 Å². The maximum atomic E-state index is 4.75. The van der Waals surface area contributed by atoms with E-state index in [-0.39, 0.29) is 5.54 Å². The summed E-state index contributed by atoms with van der Waals surface area (Å²) in [5, 5.41) is 6.88. The lowest BCUT2D eigenvalue weighted by atomic mass is 10.1. The van der Waals surface area contributed by atoms with E-state index in [4.69, 9.17) is 4.98 Å². The molecule has 1 aromatic rings. The van der Waals surface area contributed by atoms with E-state index < -0.39 is 0 Å². The van der Waals surface area contributed by atoms with Crippen LogP contribution in [-0.4, -0.2) is 23.6 Å². The van der Waals surface area contributed by atoms with Gasteiger partial charge in [0.25, 0.3) is 0 Å². The molecule has 18 heavy (non-hydrogen) atoms. The molecule has 1 unspecified atom stereocenters. The largest absolute Gasteiger partial charge is 0.348 e. The topological polar surface area (TPSA) is 28.2 Å². The van der Waals surface area contributed by atoms with E-state index in [0.717, 1.165) is 12.5 Å². The SMILES string of the molecule is CCC1CCN(c2nc(CNC(C)(C)C)cs2)C1. The van der Waals surface area contributed by atoms with Crippen LogP contribution in [0.2, 0.25) is 0 Å². The summed E-state index contributed by atoms with van der Waals surface area (Å²) in [6.07, 6.45) is 2.62. The first-order chi connectivity index (χ1) is 8.48. The zero-order valence-corrected chi connectivity index (χ0v) is 12.8. The predicted molar refractivity (Wildman–Crippen MR) is 79.3 cm³/mol. The molecule has 0 amide bonds. The number of aromatic nitrogens is 1. The Labute approximate surface area is 115 Å². The summed E-state index contributed by atoms with van der Waals surface area (Å²) in [6, 6.07) is 0. The van der Waals surface area contributed by atoms with Gasteiger partial charge in [0.2, 0.25) is 0 Å². The van der Waals surface area contributed by atoms with Gasteiger partial charge in [-0.25, -0.2) is 4.98 Å². The maximum absolute atomic E-state index is 4.75. The standard InChI is InChI=1S/C14H25N3S/c1-5-11-6-7-17(9-11)13-16-12(10-18-13)8-15-14(2,3)4/h10-11,15H,5-9H2,1-4H3. The molecule has 0 saturated carbocycles. The zero-order valence-electron chi connectivity index (χ0n) is 12.0. The summed E-state index contributed by atoms with van der Waals surface area (Å²) < 4.78 is 0. The van der Waals surface area contributed by atoms with Crippen LogP contribution in [0, 0.1) is 5.92 Å². The van der Waals surface area contributed by atoms with Crippen molar-refractivity contribution in [1.29, 1.82) is 0 Å². The number of thiazole rings is 1. The van der Waals surface area contributed by atoms with Crippen molar-refractivity contribution in [3.8, 4) is 0 Å². The minimum absolute atomic E-state index is 0.157. The van der Waals surface area contributed by atoms with Crippen molar-refractivity contribution in [2.75, 3.05) is 18.0 Å². The first-order valence-corrected chi connectivity index (χ1v) is 7.80. The number of nitrogens with one attached hydrogen (secondary N) is 1. The Hall–Kier alpha value is -0.610. The second-order valence-electron chi connectivity index (χ2n) is 6.23. The molecule has 1 fully saturated rings. The third-order valence-electron chi connectivity index (χ3n) is 3.47. The molecular weight excluding hydrogens is 242 g/mol. The summed E-state index contributed by atoms with van der Waals surface area (Å²) in [7, 11) is 0. The molecule has 2 rings (SSSR count). The molecule has 102 valence electrons. The van der Waals surface area contributed by atoms with Gasteiger partial charge in [-0.05, 0) is 33.1 Å². The minimum atomic E-state index is 0.157. The number of hydrogen-bond donors (Lipinski definition) is 1. The molecule has 4 heteroatoms. The number of hydrogen-bond acceptors (Lipinski definition) is 4. The van der Waals surface area contributed by atoms with Gasteiger partial charge in [-0.3, -0.25) is 0 Å². The lowest BCUT2D eigenvalue weighted by Crippen LogP contribution is -2.35. The number of rotatable bonds is 4. The monoisotopic (exact) mass is 267 g/mol. The second kappa shape index (κ2) is 5.57. The summed E-state index contributed by atoms with van der Waals surface area (Å²) in [5.74, 6) is 0.866. The van der Waals surface area contributed by atoms with E-state index in [2.05, 4.69) is 43.3 Å². The molecule has 1 aliphatic rings. The molecule has 2 heterocycles. The smallest absolute Gasteiger partial charge is 0.185 e.